The van der Waals surface area contributed by atoms with Crippen LogP contribution >= 0.6 is 15.9 Å². The van der Waals surface area contributed by atoms with E-state index in [1.165, 1.54) is 12.1 Å². The van der Waals surface area contributed by atoms with Gasteiger partial charge in [0.1, 0.15) is 0 Å². The van der Waals surface area contributed by atoms with Crippen molar-refractivity contribution in [3.05, 3.63) is 87.9 Å². The van der Waals surface area contributed by atoms with Crippen molar-refractivity contribution in [3.8, 4) is 11.1 Å². The van der Waals surface area contributed by atoms with Crippen LogP contribution in [0.5, 0.6) is 0 Å². The molecule has 0 atom stereocenters. The molecule has 3 aromatic carbocycles. The molecule has 0 unspecified atom stereocenters. The fraction of sp³-hybridized carbons (Fsp3) is 0.136. The van der Waals surface area contributed by atoms with Gasteiger partial charge in [-0.15, -0.1) is 0 Å². The van der Waals surface area contributed by atoms with Gasteiger partial charge in [-0.1, -0.05) is 69.5 Å². The molecule has 0 aliphatic rings. The average molecular weight is 458 g/mol. The van der Waals surface area contributed by atoms with Crippen molar-refractivity contribution < 1.29 is 13.2 Å². The lowest BCUT2D eigenvalue weighted by Gasteiger charge is -2.09. The zero-order valence-electron chi connectivity index (χ0n) is 15.6. The second-order valence-electron chi connectivity index (χ2n) is 6.73. The van der Waals surface area contributed by atoms with Crippen molar-refractivity contribution in [2.45, 2.75) is 25.2 Å². The fourth-order valence-electron chi connectivity index (χ4n) is 3.07. The highest BCUT2D eigenvalue weighted by atomic mass is 79.9. The number of carbonyl (C=O) groups is 1. The number of benzene rings is 3. The van der Waals surface area contributed by atoms with E-state index < -0.39 is 15.9 Å². The van der Waals surface area contributed by atoms with E-state index in [4.69, 9.17) is 0 Å². The molecule has 1 amide bonds. The van der Waals surface area contributed by atoms with E-state index in [0.29, 0.717) is 0 Å². The molecular weight excluding hydrogens is 438 g/mol. The van der Waals surface area contributed by atoms with E-state index in [1.54, 1.807) is 12.1 Å². The molecule has 0 aliphatic carbocycles. The van der Waals surface area contributed by atoms with E-state index in [1.807, 2.05) is 56.3 Å². The zero-order valence-corrected chi connectivity index (χ0v) is 18.0. The summed E-state index contributed by atoms with van der Waals surface area (Å²) in [6.07, 6.45) is 0.0126. The van der Waals surface area contributed by atoms with Crippen LogP contribution in [0.1, 0.15) is 16.7 Å². The van der Waals surface area contributed by atoms with Gasteiger partial charge in [0.05, 0.1) is 11.3 Å². The van der Waals surface area contributed by atoms with Crippen LogP contribution in [0.3, 0.4) is 0 Å². The highest BCUT2D eigenvalue weighted by Gasteiger charge is 2.18. The summed E-state index contributed by atoms with van der Waals surface area (Å²) >= 11 is 3.39. The third kappa shape index (κ3) is 5.09. The molecule has 0 aliphatic heterocycles. The summed E-state index contributed by atoms with van der Waals surface area (Å²) in [7, 11) is -3.91. The molecule has 3 aromatic rings. The Morgan fingerprint density at radius 1 is 0.857 bits per heavy atom. The predicted molar refractivity (Wildman–Crippen MR) is 115 cm³/mol. The van der Waals surface area contributed by atoms with Gasteiger partial charge in [0.25, 0.3) is 10.0 Å². The third-order valence-electron chi connectivity index (χ3n) is 4.24. The molecule has 0 saturated carbocycles. The van der Waals surface area contributed by atoms with Gasteiger partial charge in [-0.3, -0.25) is 4.79 Å². The summed E-state index contributed by atoms with van der Waals surface area (Å²) in [5.74, 6) is -0.554. The minimum atomic E-state index is -3.91. The van der Waals surface area contributed by atoms with E-state index in [0.717, 1.165) is 32.3 Å². The minimum absolute atomic E-state index is 0.0126. The Hall–Kier alpha value is -2.44. The van der Waals surface area contributed by atoms with Gasteiger partial charge < -0.3 is 0 Å². The second kappa shape index (κ2) is 8.29. The Labute approximate surface area is 173 Å². The van der Waals surface area contributed by atoms with Crippen molar-refractivity contribution in [1.29, 1.82) is 0 Å². The van der Waals surface area contributed by atoms with Gasteiger partial charge >= 0.3 is 0 Å². The van der Waals surface area contributed by atoms with Gasteiger partial charge in [-0.2, -0.15) is 0 Å². The summed E-state index contributed by atoms with van der Waals surface area (Å²) in [6, 6.07) is 20.0. The first-order valence-electron chi connectivity index (χ1n) is 8.72. The summed E-state index contributed by atoms with van der Waals surface area (Å²) in [5.41, 5.74) is 4.73. The first-order valence-corrected chi connectivity index (χ1v) is 11.0. The molecule has 144 valence electrons. The molecule has 0 spiro atoms. The van der Waals surface area contributed by atoms with Gasteiger partial charge in [0, 0.05) is 4.47 Å². The molecule has 0 aromatic heterocycles. The van der Waals surface area contributed by atoms with E-state index in [-0.39, 0.29) is 11.3 Å². The molecule has 0 heterocycles. The molecule has 0 radical (unpaired) electrons. The number of rotatable bonds is 5. The van der Waals surface area contributed by atoms with Crippen LogP contribution in [0.4, 0.5) is 0 Å². The number of hydrogen-bond acceptors (Lipinski definition) is 3. The number of aryl methyl sites for hydroxylation is 2. The van der Waals surface area contributed by atoms with E-state index in [9.17, 15) is 13.2 Å². The maximum atomic E-state index is 12.5. The highest BCUT2D eigenvalue weighted by molar-refractivity contribution is 9.10. The number of sulfonamides is 1. The SMILES string of the molecule is Cc1cc(C)cc(CC(=O)NS(=O)(=O)c2ccc(-c3ccc(Br)cc3)cc2)c1. The largest absolute Gasteiger partial charge is 0.274 e. The monoisotopic (exact) mass is 457 g/mol. The maximum Gasteiger partial charge on any atom is 0.264 e. The van der Waals surface area contributed by atoms with Crippen molar-refractivity contribution in [3.63, 3.8) is 0 Å². The van der Waals surface area contributed by atoms with Crippen molar-refractivity contribution >= 4 is 31.9 Å². The Morgan fingerprint density at radius 3 is 1.89 bits per heavy atom. The van der Waals surface area contributed by atoms with E-state index in [2.05, 4.69) is 20.7 Å². The molecule has 6 heteroatoms. The first kappa shape index (κ1) is 20.3. The Bertz CT molecular complexity index is 1090. The lowest BCUT2D eigenvalue weighted by atomic mass is 10.1. The summed E-state index contributed by atoms with van der Waals surface area (Å²) < 4.78 is 28.2. The average Bonchev–Trinajstić information content (AvgIpc) is 2.61. The molecule has 0 saturated heterocycles. The summed E-state index contributed by atoms with van der Waals surface area (Å²) in [4.78, 5) is 12.3. The van der Waals surface area contributed by atoms with Crippen LogP contribution in [0.25, 0.3) is 11.1 Å². The van der Waals surface area contributed by atoms with Crippen LogP contribution in [-0.4, -0.2) is 14.3 Å². The van der Waals surface area contributed by atoms with Crippen LogP contribution < -0.4 is 4.72 Å². The smallest absolute Gasteiger partial charge is 0.264 e. The molecule has 0 fully saturated rings. The number of halogens is 1. The molecule has 4 nitrogen and oxygen atoms in total. The maximum absolute atomic E-state index is 12.5. The third-order valence-corrected chi connectivity index (χ3v) is 6.15. The lowest BCUT2D eigenvalue weighted by Crippen LogP contribution is -2.31. The number of nitrogens with one attached hydrogen (secondary N) is 1. The van der Waals surface area contributed by atoms with Crippen molar-refractivity contribution in [1.82, 2.24) is 4.72 Å². The van der Waals surface area contributed by atoms with Gasteiger partial charge in [-0.25, -0.2) is 13.1 Å². The molecule has 28 heavy (non-hydrogen) atoms. The molecule has 1 N–H and O–H groups in total. The lowest BCUT2D eigenvalue weighted by molar-refractivity contribution is -0.118. The zero-order chi connectivity index (χ0) is 20.3. The normalized spacial score (nSPS) is 11.2. The van der Waals surface area contributed by atoms with Crippen LogP contribution in [0.2, 0.25) is 0 Å². The van der Waals surface area contributed by atoms with Gasteiger partial charge in [0.15, 0.2) is 0 Å². The Balaban J connectivity index is 1.73. The quantitative estimate of drug-likeness (QED) is 0.599. The standard InChI is InChI=1S/C22H20BrNO3S/c1-15-11-16(2)13-17(12-15)14-22(25)24-28(26,27)21-9-5-19(6-10-21)18-3-7-20(23)8-4-18/h3-13H,14H2,1-2H3,(H,24,25). The van der Waals surface area contributed by atoms with Crippen LogP contribution in [0.15, 0.2) is 76.1 Å². The number of amides is 1. The number of hydrogen-bond donors (Lipinski definition) is 1. The molecule has 3 rings (SSSR count). The number of carbonyl (C=O) groups excluding carboxylic acids is 1. The summed E-state index contributed by atoms with van der Waals surface area (Å²) in [6.45, 7) is 3.89. The van der Waals surface area contributed by atoms with Crippen LogP contribution in [0, 0.1) is 13.8 Å². The van der Waals surface area contributed by atoms with Crippen molar-refractivity contribution in [2.24, 2.45) is 0 Å². The van der Waals surface area contributed by atoms with E-state index >= 15 is 0 Å². The Kier molecular flexibility index (Phi) is 6.01. The predicted octanol–water partition coefficient (Wildman–Crippen LogP) is 4.78. The summed E-state index contributed by atoms with van der Waals surface area (Å²) in [5, 5.41) is 0. The Morgan fingerprint density at radius 2 is 1.36 bits per heavy atom. The minimum Gasteiger partial charge on any atom is -0.274 e. The highest BCUT2D eigenvalue weighted by Crippen LogP contribution is 2.23. The first-order chi connectivity index (χ1) is 13.2. The second-order valence-corrected chi connectivity index (χ2v) is 9.33. The topological polar surface area (TPSA) is 63.2 Å². The molecular formula is C22H20BrNO3S. The molecule has 0 bridgehead atoms. The van der Waals surface area contributed by atoms with Crippen LogP contribution in [-0.2, 0) is 21.2 Å². The van der Waals surface area contributed by atoms with Gasteiger partial charge in [0.2, 0.25) is 5.91 Å². The van der Waals surface area contributed by atoms with Gasteiger partial charge in [-0.05, 0) is 54.8 Å². The van der Waals surface area contributed by atoms with Crippen molar-refractivity contribution in [2.75, 3.05) is 0 Å². The fourth-order valence-corrected chi connectivity index (χ4v) is 4.32.